The first kappa shape index (κ1) is 52.8. The number of benzene rings is 2. The summed E-state index contributed by atoms with van der Waals surface area (Å²) >= 11 is 0. The Morgan fingerprint density at radius 1 is 0.697 bits per heavy atom. The molecule has 1 heterocycles. The van der Waals surface area contributed by atoms with E-state index in [0.29, 0.717) is 28.5 Å². The predicted molar refractivity (Wildman–Crippen MR) is 241 cm³/mol. The number of guanidine groups is 2. The molecule has 3 aromatic rings. The molecule has 6 amide bonds. The number of aromatic amines is 1. The highest BCUT2D eigenvalue weighted by atomic mass is 16.4. The van der Waals surface area contributed by atoms with Gasteiger partial charge in [-0.3, -0.25) is 38.8 Å². The maximum Gasteiger partial charge on any atom is 0.326 e. The fraction of sp³-hybridized carbons (Fsp3) is 0.439. The predicted octanol–water partition coefficient (Wildman–Crippen LogP) is -4.91. The standard InChI is InChI=1S/C41H60N14O11/c1-21(57)33(38(64)53-30(39(65)66)16-22-10-12-24(58)13-11-22)55-36(62)29(17-23-18-49-27-8-3-2-6-25(23)27)52-37(63)31(20-56)54-35(61)28(9-5-15-48-41(45)46)51-32(59)19-50-34(60)26(42)7-4-14-47-40(43)44/h2-3,6,8,10-13,18,21,26,28-31,33,49,56-58H,4-5,7,9,14-17,19-20,42H2,1H3,(H,50,60)(H,51,59)(H,52,63)(H,53,64)(H,54,61)(H,55,62)(H,65,66)(H4,43,44,47)(H4,45,46,48)/t21-,26+,28+,29+,30+,31+,33+/m1/s1. The van der Waals surface area contributed by atoms with Crippen molar-refractivity contribution in [2.45, 2.75) is 87.8 Å². The number of aromatic nitrogens is 1. The highest BCUT2D eigenvalue weighted by Gasteiger charge is 2.34. The monoisotopic (exact) mass is 924 g/mol. The molecule has 0 spiro atoms. The number of aliphatic imine (C=N–C) groups is 2. The summed E-state index contributed by atoms with van der Waals surface area (Å²) in [6.45, 7) is -0.134. The van der Waals surface area contributed by atoms with Gasteiger partial charge in [0.15, 0.2) is 11.9 Å². The van der Waals surface area contributed by atoms with Gasteiger partial charge in [0.2, 0.25) is 35.4 Å². The summed E-state index contributed by atoms with van der Waals surface area (Å²) < 4.78 is 0. The zero-order valence-electron chi connectivity index (χ0n) is 36.2. The lowest BCUT2D eigenvalue weighted by Gasteiger charge is -2.27. The summed E-state index contributed by atoms with van der Waals surface area (Å²) in [7, 11) is 0. The molecule has 0 radical (unpaired) electrons. The number of rotatable bonds is 27. The highest BCUT2D eigenvalue weighted by Crippen LogP contribution is 2.20. The molecule has 25 nitrogen and oxygen atoms in total. The number of carboxylic acids is 1. The molecule has 0 saturated carbocycles. The van der Waals surface area contributed by atoms with Crippen LogP contribution in [0.5, 0.6) is 5.75 Å². The Labute approximate surface area is 378 Å². The van der Waals surface area contributed by atoms with E-state index in [0.717, 1.165) is 0 Å². The van der Waals surface area contributed by atoms with E-state index in [4.69, 9.17) is 28.7 Å². The third-order valence-electron chi connectivity index (χ3n) is 9.93. The Bertz CT molecular complexity index is 2190. The quantitative estimate of drug-likeness (QED) is 0.0194. The molecule has 3 rings (SSSR count). The number of hydrogen-bond acceptors (Lipinski definition) is 13. The largest absolute Gasteiger partial charge is 0.508 e. The zero-order valence-corrected chi connectivity index (χ0v) is 36.2. The number of hydrogen-bond donors (Lipinski definition) is 16. The second-order valence-corrected chi connectivity index (χ2v) is 15.2. The summed E-state index contributed by atoms with van der Waals surface area (Å²) in [4.78, 5) is 103. The Morgan fingerprint density at radius 3 is 1.88 bits per heavy atom. The summed E-state index contributed by atoms with van der Waals surface area (Å²) in [5, 5.41) is 55.5. The SMILES string of the molecule is C[C@@H](O)[C@H](NC(=O)[C@H](Cc1c[nH]c2ccccc12)NC(=O)[C@H](CO)NC(=O)[C@H](CCCN=C(N)N)NC(=O)CNC(=O)[C@@H](N)CCCN=C(N)N)C(=O)N[C@@H](Cc1ccc(O)cc1)C(=O)O. The maximum absolute atomic E-state index is 14.1. The van der Waals surface area contributed by atoms with E-state index < -0.39 is 96.9 Å². The van der Waals surface area contributed by atoms with E-state index in [9.17, 15) is 54.0 Å². The second-order valence-electron chi connectivity index (χ2n) is 15.2. The average Bonchev–Trinajstić information content (AvgIpc) is 3.68. The average molecular weight is 925 g/mol. The van der Waals surface area contributed by atoms with Gasteiger partial charge in [0.05, 0.1) is 25.3 Å². The fourth-order valence-corrected chi connectivity index (χ4v) is 6.42. The topological polar surface area (TPSA) is 443 Å². The van der Waals surface area contributed by atoms with Crippen molar-refractivity contribution in [3.63, 3.8) is 0 Å². The molecule has 0 aliphatic carbocycles. The molecule has 7 atom stereocenters. The molecule has 21 N–H and O–H groups in total. The van der Waals surface area contributed by atoms with Crippen molar-refractivity contribution < 1.29 is 54.0 Å². The van der Waals surface area contributed by atoms with Crippen LogP contribution in [0, 0.1) is 0 Å². The number of carboxylic acid groups (broad SMARTS) is 1. The Hall–Kier alpha value is -7.51. The molecule has 360 valence electrons. The summed E-state index contributed by atoms with van der Waals surface area (Å²) in [6.07, 6.45) is 0.193. The molecular formula is C41H60N14O11. The lowest BCUT2D eigenvalue weighted by Crippen LogP contribution is -2.61. The molecule has 0 bridgehead atoms. The van der Waals surface area contributed by atoms with Crippen molar-refractivity contribution in [1.29, 1.82) is 0 Å². The number of carbonyl (C=O) groups is 7. The Balaban J connectivity index is 1.80. The number of aliphatic hydroxyl groups is 2. The van der Waals surface area contributed by atoms with Crippen LogP contribution < -0.4 is 60.6 Å². The first-order chi connectivity index (χ1) is 31.3. The third kappa shape index (κ3) is 17.6. The molecule has 1 aromatic heterocycles. The molecular weight excluding hydrogens is 865 g/mol. The minimum atomic E-state index is -1.74. The number of fused-ring (bicyclic) bond motifs is 1. The van der Waals surface area contributed by atoms with Gasteiger partial charge in [-0.05, 0) is 61.9 Å². The highest BCUT2D eigenvalue weighted by molar-refractivity contribution is 5.97. The van der Waals surface area contributed by atoms with Crippen molar-refractivity contribution >= 4 is 64.2 Å². The normalized spacial score (nSPS) is 14.1. The molecule has 0 unspecified atom stereocenters. The van der Waals surface area contributed by atoms with Crippen molar-refractivity contribution in [1.82, 2.24) is 36.9 Å². The van der Waals surface area contributed by atoms with Crippen LogP contribution in [0.2, 0.25) is 0 Å². The van der Waals surface area contributed by atoms with Gasteiger partial charge in [-0.2, -0.15) is 0 Å². The molecule has 0 saturated heterocycles. The minimum absolute atomic E-state index is 0.0445. The van der Waals surface area contributed by atoms with Crippen LogP contribution in [0.25, 0.3) is 10.9 Å². The first-order valence-corrected chi connectivity index (χ1v) is 20.8. The van der Waals surface area contributed by atoms with Crippen LogP contribution in [0.15, 0.2) is 64.7 Å². The summed E-state index contributed by atoms with van der Waals surface area (Å²) in [6, 6.07) is 3.72. The van der Waals surface area contributed by atoms with Crippen LogP contribution in [-0.4, -0.2) is 147 Å². The number of phenols is 1. The van der Waals surface area contributed by atoms with Crippen molar-refractivity contribution in [2.24, 2.45) is 38.7 Å². The van der Waals surface area contributed by atoms with Gasteiger partial charge >= 0.3 is 5.97 Å². The fourth-order valence-electron chi connectivity index (χ4n) is 6.42. The number of aliphatic carboxylic acids is 1. The maximum atomic E-state index is 14.1. The van der Waals surface area contributed by atoms with Crippen LogP contribution in [0.4, 0.5) is 0 Å². The van der Waals surface area contributed by atoms with Gasteiger partial charge in [-0.15, -0.1) is 0 Å². The number of nitrogens with one attached hydrogen (secondary N) is 7. The van der Waals surface area contributed by atoms with Gasteiger partial charge in [-0.25, -0.2) is 4.79 Å². The van der Waals surface area contributed by atoms with Gasteiger partial charge in [0.1, 0.15) is 36.0 Å². The van der Waals surface area contributed by atoms with Crippen LogP contribution in [0.1, 0.15) is 43.7 Å². The zero-order chi connectivity index (χ0) is 48.9. The Morgan fingerprint density at radius 2 is 1.27 bits per heavy atom. The number of aromatic hydroxyl groups is 1. The van der Waals surface area contributed by atoms with E-state index in [2.05, 4.69) is 46.9 Å². The van der Waals surface area contributed by atoms with Crippen LogP contribution in [0.3, 0.4) is 0 Å². The van der Waals surface area contributed by atoms with Gasteiger partial charge < -0.3 is 86.0 Å². The van der Waals surface area contributed by atoms with Gasteiger partial charge in [-0.1, -0.05) is 30.3 Å². The van der Waals surface area contributed by atoms with Crippen LogP contribution >= 0.6 is 0 Å². The molecule has 2 aromatic carbocycles. The second kappa shape index (κ2) is 26.3. The lowest BCUT2D eigenvalue weighted by molar-refractivity contribution is -0.143. The number of para-hydroxylation sites is 1. The molecule has 0 fully saturated rings. The van der Waals surface area contributed by atoms with Crippen molar-refractivity contribution in [3.8, 4) is 5.75 Å². The number of nitrogens with two attached hydrogens (primary N) is 5. The number of aliphatic hydroxyl groups excluding tert-OH is 2. The molecule has 66 heavy (non-hydrogen) atoms. The number of amides is 6. The van der Waals surface area contributed by atoms with Crippen molar-refractivity contribution in [3.05, 3.63) is 65.9 Å². The van der Waals surface area contributed by atoms with Gasteiger partial charge in [0, 0.05) is 43.0 Å². The smallest absolute Gasteiger partial charge is 0.326 e. The molecule has 25 heteroatoms. The van der Waals surface area contributed by atoms with Gasteiger partial charge in [0.25, 0.3) is 0 Å². The third-order valence-corrected chi connectivity index (χ3v) is 9.93. The summed E-state index contributed by atoms with van der Waals surface area (Å²) in [5.41, 5.74) is 28.9. The number of H-pyrrole nitrogens is 1. The van der Waals surface area contributed by atoms with E-state index in [1.165, 1.54) is 31.2 Å². The van der Waals surface area contributed by atoms with E-state index >= 15 is 0 Å². The van der Waals surface area contributed by atoms with Crippen molar-refractivity contribution in [2.75, 3.05) is 26.2 Å². The van der Waals surface area contributed by atoms with Crippen LogP contribution in [-0.2, 0) is 46.4 Å². The molecule has 0 aliphatic heterocycles. The minimum Gasteiger partial charge on any atom is -0.508 e. The number of phenolic OH excluding ortho intramolecular Hbond substituents is 1. The number of carbonyl (C=O) groups excluding carboxylic acids is 6. The van der Waals surface area contributed by atoms with E-state index in [1.807, 2.05) is 0 Å². The lowest BCUT2D eigenvalue weighted by atomic mass is 10.0. The molecule has 0 aliphatic rings. The summed E-state index contributed by atoms with van der Waals surface area (Å²) in [5.74, 6) is -7.42. The Kier molecular flexibility index (Phi) is 21.1. The first-order valence-electron chi connectivity index (χ1n) is 20.8. The van der Waals surface area contributed by atoms with E-state index in [1.54, 1.807) is 30.5 Å². The number of nitrogens with zero attached hydrogens (tertiary/aromatic N) is 2. The van der Waals surface area contributed by atoms with E-state index in [-0.39, 0.29) is 62.9 Å².